The Hall–Kier alpha value is -0.770. The van der Waals surface area contributed by atoms with Crippen molar-refractivity contribution in [3.05, 3.63) is 0 Å². The molecular weight excluding hydrogens is 204 g/mol. The smallest absolute Gasteiger partial charge is 0.409 e. The molecule has 2 fully saturated rings. The fraction of sp³-hybridized carbons (Fsp3) is 0.917. The predicted octanol–water partition coefficient (Wildman–Crippen LogP) is 1.61. The topological polar surface area (TPSA) is 41.6 Å². The van der Waals surface area contributed by atoms with Crippen molar-refractivity contribution < 1.29 is 9.53 Å². The van der Waals surface area contributed by atoms with E-state index in [4.69, 9.17) is 4.74 Å². The normalized spacial score (nSPS) is 22.9. The zero-order chi connectivity index (χ0) is 11.4. The van der Waals surface area contributed by atoms with Crippen LogP contribution in [0.15, 0.2) is 0 Å². The van der Waals surface area contributed by atoms with E-state index in [1.165, 1.54) is 0 Å². The fourth-order valence-corrected chi connectivity index (χ4v) is 2.39. The molecule has 1 amide bonds. The van der Waals surface area contributed by atoms with Crippen LogP contribution in [-0.2, 0) is 4.74 Å². The van der Waals surface area contributed by atoms with E-state index < -0.39 is 0 Å². The summed E-state index contributed by atoms with van der Waals surface area (Å²) in [4.78, 5) is 13.5. The minimum atomic E-state index is -0.115. The van der Waals surface area contributed by atoms with Crippen LogP contribution >= 0.6 is 0 Å². The van der Waals surface area contributed by atoms with Gasteiger partial charge >= 0.3 is 6.09 Å². The average Bonchev–Trinajstić information content (AvgIpc) is 2.27. The fourth-order valence-electron chi connectivity index (χ4n) is 2.39. The minimum absolute atomic E-state index is 0.115. The van der Waals surface area contributed by atoms with E-state index in [0.717, 1.165) is 51.9 Å². The van der Waals surface area contributed by atoms with Crippen LogP contribution in [0.1, 0.15) is 32.6 Å². The van der Waals surface area contributed by atoms with E-state index in [0.29, 0.717) is 12.0 Å². The second kappa shape index (κ2) is 5.04. The molecule has 0 bridgehead atoms. The SMILES string of the molecule is CCCCOC(=O)N1CCC2(CC1)CNC2. The van der Waals surface area contributed by atoms with Gasteiger partial charge in [-0.1, -0.05) is 13.3 Å². The zero-order valence-electron chi connectivity index (χ0n) is 10.1. The Bertz CT molecular complexity index is 241. The number of carbonyl (C=O) groups excluding carboxylic acids is 1. The first-order valence-electron chi connectivity index (χ1n) is 6.38. The van der Waals surface area contributed by atoms with E-state index in [1.807, 2.05) is 4.90 Å². The third-order valence-electron chi connectivity index (χ3n) is 3.81. The summed E-state index contributed by atoms with van der Waals surface area (Å²) in [6, 6.07) is 0. The van der Waals surface area contributed by atoms with E-state index in [-0.39, 0.29) is 6.09 Å². The Labute approximate surface area is 97.3 Å². The van der Waals surface area contributed by atoms with Crippen molar-refractivity contribution in [2.24, 2.45) is 5.41 Å². The van der Waals surface area contributed by atoms with Crippen LogP contribution in [-0.4, -0.2) is 43.8 Å². The van der Waals surface area contributed by atoms with Crippen LogP contribution in [0.5, 0.6) is 0 Å². The first-order valence-corrected chi connectivity index (χ1v) is 6.38. The number of likely N-dealkylation sites (tertiary alicyclic amines) is 1. The summed E-state index contributed by atoms with van der Waals surface area (Å²) in [5.41, 5.74) is 0.500. The van der Waals surface area contributed by atoms with Crippen molar-refractivity contribution in [2.75, 3.05) is 32.8 Å². The van der Waals surface area contributed by atoms with Crippen LogP contribution in [0.4, 0.5) is 4.79 Å². The predicted molar refractivity (Wildman–Crippen MR) is 62.4 cm³/mol. The van der Waals surface area contributed by atoms with Gasteiger partial charge < -0.3 is 15.0 Å². The van der Waals surface area contributed by atoms with Gasteiger partial charge in [0.25, 0.3) is 0 Å². The van der Waals surface area contributed by atoms with Gasteiger partial charge in [-0.2, -0.15) is 0 Å². The van der Waals surface area contributed by atoms with Gasteiger partial charge in [0.2, 0.25) is 0 Å². The molecule has 1 N–H and O–H groups in total. The molecule has 2 heterocycles. The number of nitrogens with one attached hydrogen (secondary N) is 1. The van der Waals surface area contributed by atoms with E-state index in [1.54, 1.807) is 0 Å². The monoisotopic (exact) mass is 226 g/mol. The lowest BCUT2D eigenvalue weighted by atomic mass is 9.73. The maximum Gasteiger partial charge on any atom is 0.409 e. The van der Waals surface area contributed by atoms with Crippen LogP contribution in [0.25, 0.3) is 0 Å². The highest BCUT2D eigenvalue weighted by molar-refractivity contribution is 5.67. The maximum absolute atomic E-state index is 11.7. The van der Waals surface area contributed by atoms with Crippen molar-refractivity contribution in [2.45, 2.75) is 32.6 Å². The molecule has 2 aliphatic rings. The lowest BCUT2D eigenvalue weighted by molar-refractivity contribution is 0.0406. The number of amides is 1. The summed E-state index contributed by atoms with van der Waals surface area (Å²) in [6.07, 6.45) is 4.18. The molecule has 4 nitrogen and oxygen atoms in total. The molecule has 0 saturated carbocycles. The average molecular weight is 226 g/mol. The lowest BCUT2D eigenvalue weighted by Gasteiger charge is -2.48. The molecule has 0 radical (unpaired) electrons. The Morgan fingerprint density at radius 2 is 2.06 bits per heavy atom. The standard InChI is InChI=1S/C12H22N2O2/c1-2-3-8-16-11(15)14-6-4-12(5-7-14)9-13-10-12/h13H,2-10H2,1H3. The maximum atomic E-state index is 11.7. The van der Waals surface area contributed by atoms with Gasteiger partial charge in [-0.3, -0.25) is 0 Å². The summed E-state index contributed by atoms with van der Waals surface area (Å²) in [7, 11) is 0. The van der Waals surface area contributed by atoms with Crippen LogP contribution < -0.4 is 5.32 Å². The number of nitrogens with zero attached hydrogens (tertiary/aromatic N) is 1. The van der Waals surface area contributed by atoms with Crippen molar-refractivity contribution >= 4 is 6.09 Å². The van der Waals surface area contributed by atoms with Gasteiger partial charge in [0.1, 0.15) is 0 Å². The summed E-state index contributed by atoms with van der Waals surface area (Å²) < 4.78 is 5.21. The second-order valence-corrected chi connectivity index (χ2v) is 5.06. The Balaban J connectivity index is 1.69. The molecule has 0 unspecified atom stereocenters. The van der Waals surface area contributed by atoms with Crippen molar-refractivity contribution in [1.29, 1.82) is 0 Å². The Kier molecular flexibility index (Phi) is 3.69. The molecular formula is C12H22N2O2. The third-order valence-corrected chi connectivity index (χ3v) is 3.81. The zero-order valence-corrected chi connectivity index (χ0v) is 10.1. The molecule has 2 aliphatic heterocycles. The number of hydrogen-bond donors (Lipinski definition) is 1. The molecule has 0 aromatic carbocycles. The molecule has 0 aromatic heterocycles. The van der Waals surface area contributed by atoms with E-state index in [9.17, 15) is 4.79 Å². The third kappa shape index (κ3) is 2.48. The van der Waals surface area contributed by atoms with Gasteiger partial charge in [-0.15, -0.1) is 0 Å². The van der Waals surface area contributed by atoms with E-state index >= 15 is 0 Å². The Morgan fingerprint density at radius 1 is 1.38 bits per heavy atom. The van der Waals surface area contributed by atoms with Gasteiger partial charge in [-0.05, 0) is 24.7 Å². The summed E-state index contributed by atoms with van der Waals surface area (Å²) in [6.45, 7) is 6.66. The molecule has 0 atom stereocenters. The molecule has 2 rings (SSSR count). The van der Waals surface area contributed by atoms with Gasteiger partial charge in [0.15, 0.2) is 0 Å². The van der Waals surface area contributed by atoms with Crippen LogP contribution in [0.2, 0.25) is 0 Å². The molecule has 4 heteroatoms. The van der Waals surface area contributed by atoms with Crippen molar-refractivity contribution in [3.8, 4) is 0 Å². The first kappa shape index (κ1) is 11.7. The van der Waals surface area contributed by atoms with Gasteiger partial charge in [-0.25, -0.2) is 4.79 Å². The molecule has 2 saturated heterocycles. The van der Waals surface area contributed by atoms with Crippen LogP contribution in [0.3, 0.4) is 0 Å². The van der Waals surface area contributed by atoms with Crippen LogP contribution in [0, 0.1) is 5.41 Å². The summed E-state index contributed by atoms with van der Waals surface area (Å²) >= 11 is 0. The highest BCUT2D eigenvalue weighted by atomic mass is 16.6. The lowest BCUT2D eigenvalue weighted by Crippen LogP contribution is -2.58. The van der Waals surface area contributed by atoms with Crippen molar-refractivity contribution in [1.82, 2.24) is 10.2 Å². The van der Waals surface area contributed by atoms with Crippen molar-refractivity contribution in [3.63, 3.8) is 0 Å². The quantitative estimate of drug-likeness (QED) is 0.743. The second-order valence-electron chi connectivity index (χ2n) is 5.06. The Morgan fingerprint density at radius 3 is 2.56 bits per heavy atom. The number of hydrogen-bond acceptors (Lipinski definition) is 3. The first-order chi connectivity index (χ1) is 7.76. The minimum Gasteiger partial charge on any atom is -0.449 e. The number of unbranched alkanes of at least 4 members (excludes halogenated alkanes) is 1. The summed E-state index contributed by atoms with van der Waals surface area (Å²) in [5.74, 6) is 0. The van der Waals surface area contributed by atoms with Gasteiger partial charge in [0.05, 0.1) is 6.61 Å². The summed E-state index contributed by atoms with van der Waals surface area (Å²) in [5, 5.41) is 3.32. The van der Waals surface area contributed by atoms with E-state index in [2.05, 4.69) is 12.2 Å². The molecule has 92 valence electrons. The number of carbonyl (C=O) groups is 1. The molecule has 0 aliphatic carbocycles. The highest BCUT2D eigenvalue weighted by Gasteiger charge is 2.40. The molecule has 0 aromatic rings. The molecule has 16 heavy (non-hydrogen) atoms. The largest absolute Gasteiger partial charge is 0.449 e. The highest BCUT2D eigenvalue weighted by Crippen LogP contribution is 2.34. The number of piperidine rings is 1. The van der Waals surface area contributed by atoms with Gasteiger partial charge in [0, 0.05) is 26.2 Å². The number of ether oxygens (including phenoxy) is 1. The number of rotatable bonds is 3. The molecule has 1 spiro atoms.